The number of carbonyl (C=O) groups is 1. The predicted octanol–water partition coefficient (Wildman–Crippen LogP) is 3.81. The topological polar surface area (TPSA) is 73.1 Å². The molecular formula is C21H17F2N5O2S. The van der Waals surface area contributed by atoms with Gasteiger partial charge in [-0.3, -0.25) is 4.79 Å². The van der Waals surface area contributed by atoms with Crippen LogP contribution in [-0.4, -0.2) is 55.9 Å². The van der Waals surface area contributed by atoms with Crippen LogP contribution >= 0.6 is 11.3 Å². The van der Waals surface area contributed by atoms with E-state index in [-0.39, 0.29) is 24.2 Å². The lowest BCUT2D eigenvalue weighted by atomic mass is 10.0. The highest BCUT2D eigenvalue weighted by Crippen LogP contribution is 2.35. The standard InChI is InChI=1S/C21H17F2N5O2S/c22-21(23)8-10-27(13-18(21)30-20-25-16-6-1-2-7-17(16)31-20)19(29)14-4-3-5-15(12-14)28-11-9-24-26-28/h1-7,9,11-12,18H,8,10,13H2/t18-/m0/s1. The van der Waals surface area contributed by atoms with Crippen LogP contribution in [-0.2, 0) is 0 Å². The van der Waals surface area contributed by atoms with Gasteiger partial charge in [0.05, 0.1) is 34.8 Å². The number of fused-ring (bicyclic) bond motifs is 1. The highest BCUT2D eigenvalue weighted by molar-refractivity contribution is 7.20. The zero-order valence-corrected chi connectivity index (χ0v) is 17.0. The quantitative estimate of drug-likeness (QED) is 0.482. The summed E-state index contributed by atoms with van der Waals surface area (Å²) in [5.41, 5.74) is 1.74. The van der Waals surface area contributed by atoms with Crippen molar-refractivity contribution in [2.45, 2.75) is 18.4 Å². The van der Waals surface area contributed by atoms with E-state index in [1.807, 2.05) is 18.2 Å². The minimum atomic E-state index is -3.06. The van der Waals surface area contributed by atoms with Crippen LogP contribution in [0.1, 0.15) is 16.8 Å². The van der Waals surface area contributed by atoms with Gasteiger partial charge in [-0.2, -0.15) is 0 Å². The van der Waals surface area contributed by atoms with E-state index < -0.39 is 18.4 Å². The van der Waals surface area contributed by atoms with Crippen molar-refractivity contribution >= 4 is 27.5 Å². The van der Waals surface area contributed by atoms with E-state index in [1.165, 1.54) is 27.1 Å². The summed E-state index contributed by atoms with van der Waals surface area (Å²) in [5, 5.41) is 7.84. The number of alkyl halides is 2. The molecule has 3 heterocycles. The molecule has 0 N–H and O–H groups in total. The van der Waals surface area contributed by atoms with Gasteiger partial charge < -0.3 is 9.64 Å². The van der Waals surface area contributed by atoms with Gasteiger partial charge in [0.15, 0.2) is 6.10 Å². The van der Waals surface area contributed by atoms with Crippen molar-refractivity contribution in [3.8, 4) is 10.9 Å². The second kappa shape index (κ2) is 7.69. The van der Waals surface area contributed by atoms with E-state index in [0.29, 0.717) is 16.8 Å². The molecular weight excluding hydrogens is 424 g/mol. The van der Waals surface area contributed by atoms with Crippen LogP contribution in [0.5, 0.6) is 5.19 Å². The first-order valence-corrected chi connectivity index (χ1v) is 10.5. The Labute approximate surface area is 179 Å². The van der Waals surface area contributed by atoms with Gasteiger partial charge >= 0.3 is 0 Å². The first-order valence-electron chi connectivity index (χ1n) is 9.66. The number of hydrogen-bond acceptors (Lipinski definition) is 6. The van der Waals surface area contributed by atoms with Gasteiger partial charge in [0, 0.05) is 18.5 Å². The highest BCUT2D eigenvalue weighted by atomic mass is 32.1. The van der Waals surface area contributed by atoms with Crippen molar-refractivity contribution < 1.29 is 18.3 Å². The first kappa shape index (κ1) is 19.6. The van der Waals surface area contributed by atoms with Crippen LogP contribution in [0.3, 0.4) is 0 Å². The Hall–Kier alpha value is -3.40. The fourth-order valence-corrected chi connectivity index (χ4v) is 4.37. The maximum Gasteiger partial charge on any atom is 0.287 e. The third kappa shape index (κ3) is 3.86. The van der Waals surface area contributed by atoms with Crippen LogP contribution in [0, 0.1) is 0 Å². The summed E-state index contributed by atoms with van der Waals surface area (Å²) >= 11 is 1.21. The summed E-state index contributed by atoms with van der Waals surface area (Å²) in [6, 6.07) is 14.2. The zero-order chi connectivity index (χ0) is 21.4. The number of ether oxygens (including phenoxy) is 1. The normalized spacial score (nSPS) is 18.3. The summed E-state index contributed by atoms with van der Waals surface area (Å²) in [6.07, 6.45) is 1.25. The molecule has 0 spiro atoms. The predicted molar refractivity (Wildman–Crippen MR) is 111 cm³/mol. The molecule has 4 aromatic rings. The second-order valence-electron chi connectivity index (χ2n) is 7.21. The van der Waals surface area contributed by atoms with Crippen molar-refractivity contribution in [3.05, 3.63) is 66.5 Å². The molecule has 1 saturated heterocycles. The number of carbonyl (C=O) groups excluding carboxylic acids is 1. The minimum Gasteiger partial charge on any atom is -0.458 e. The van der Waals surface area contributed by atoms with Gasteiger partial charge in [-0.05, 0) is 30.3 Å². The molecule has 0 aliphatic carbocycles. The van der Waals surface area contributed by atoms with Gasteiger partial charge in [0.2, 0.25) is 0 Å². The summed E-state index contributed by atoms with van der Waals surface area (Å²) in [6.45, 7) is -0.283. The molecule has 5 rings (SSSR count). The Morgan fingerprint density at radius 1 is 1.19 bits per heavy atom. The summed E-state index contributed by atoms with van der Waals surface area (Å²) in [5.74, 6) is -3.40. The number of nitrogens with zero attached hydrogens (tertiary/aromatic N) is 5. The molecule has 0 radical (unpaired) electrons. The monoisotopic (exact) mass is 441 g/mol. The third-order valence-corrected chi connectivity index (χ3v) is 6.08. The molecule has 1 atom stereocenters. The molecule has 1 fully saturated rings. The number of thiazole rings is 1. The van der Waals surface area contributed by atoms with Crippen molar-refractivity contribution in [1.82, 2.24) is 24.9 Å². The van der Waals surface area contributed by atoms with Crippen LogP contribution in [0.15, 0.2) is 60.9 Å². The number of hydrogen-bond donors (Lipinski definition) is 0. The van der Waals surface area contributed by atoms with Crippen molar-refractivity contribution in [2.75, 3.05) is 13.1 Å². The molecule has 1 aliphatic heterocycles. The van der Waals surface area contributed by atoms with Gasteiger partial charge in [0.1, 0.15) is 0 Å². The molecule has 2 aromatic carbocycles. The summed E-state index contributed by atoms with van der Waals surface area (Å²) in [7, 11) is 0. The van der Waals surface area contributed by atoms with Crippen LogP contribution in [0.2, 0.25) is 0 Å². The molecule has 1 amide bonds. The van der Waals surface area contributed by atoms with Crippen molar-refractivity contribution in [1.29, 1.82) is 0 Å². The Bertz CT molecular complexity index is 1190. The maximum atomic E-state index is 14.6. The third-order valence-electron chi connectivity index (χ3n) is 5.16. The smallest absolute Gasteiger partial charge is 0.287 e. The molecule has 31 heavy (non-hydrogen) atoms. The van der Waals surface area contributed by atoms with E-state index in [2.05, 4.69) is 15.3 Å². The Morgan fingerprint density at radius 2 is 2.06 bits per heavy atom. The lowest BCUT2D eigenvalue weighted by molar-refractivity contribution is -0.130. The molecule has 10 heteroatoms. The Kier molecular flexibility index (Phi) is 4.85. The average Bonchev–Trinajstić information content (AvgIpc) is 3.44. The number of benzene rings is 2. The Balaban J connectivity index is 1.36. The van der Waals surface area contributed by atoms with E-state index in [1.54, 1.807) is 36.5 Å². The fourth-order valence-electron chi connectivity index (χ4n) is 3.51. The molecule has 0 bridgehead atoms. The van der Waals surface area contributed by atoms with E-state index in [4.69, 9.17) is 4.74 Å². The van der Waals surface area contributed by atoms with Crippen LogP contribution in [0.25, 0.3) is 15.9 Å². The molecule has 0 saturated carbocycles. The minimum absolute atomic E-state index is 0.0565. The number of rotatable bonds is 4. The number of piperidine rings is 1. The molecule has 2 aromatic heterocycles. The van der Waals surface area contributed by atoms with Gasteiger partial charge in [-0.25, -0.2) is 18.4 Å². The fraction of sp³-hybridized carbons (Fsp3) is 0.238. The lowest BCUT2D eigenvalue weighted by Gasteiger charge is -2.37. The number of amides is 1. The number of halogens is 2. The molecule has 158 valence electrons. The van der Waals surface area contributed by atoms with E-state index >= 15 is 0 Å². The SMILES string of the molecule is O=C(c1cccc(-n2ccnn2)c1)N1CCC(F)(F)[C@@H](Oc2nc3ccccc3s2)C1. The largest absolute Gasteiger partial charge is 0.458 e. The second-order valence-corrected chi connectivity index (χ2v) is 8.21. The lowest BCUT2D eigenvalue weighted by Crippen LogP contribution is -2.55. The number of likely N-dealkylation sites (tertiary alicyclic amines) is 1. The maximum absolute atomic E-state index is 14.6. The summed E-state index contributed by atoms with van der Waals surface area (Å²) in [4.78, 5) is 18.7. The van der Waals surface area contributed by atoms with Crippen molar-refractivity contribution in [2.24, 2.45) is 0 Å². The van der Waals surface area contributed by atoms with E-state index in [0.717, 1.165) is 4.70 Å². The Morgan fingerprint density at radius 3 is 2.87 bits per heavy atom. The van der Waals surface area contributed by atoms with Gasteiger partial charge in [0.25, 0.3) is 17.0 Å². The average molecular weight is 441 g/mol. The van der Waals surface area contributed by atoms with Gasteiger partial charge in [-0.1, -0.05) is 34.7 Å². The van der Waals surface area contributed by atoms with Gasteiger partial charge in [-0.15, -0.1) is 5.10 Å². The molecule has 0 unspecified atom stereocenters. The zero-order valence-electron chi connectivity index (χ0n) is 16.2. The van der Waals surface area contributed by atoms with E-state index in [9.17, 15) is 13.6 Å². The van der Waals surface area contributed by atoms with Crippen LogP contribution < -0.4 is 4.74 Å². The highest BCUT2D eigenvalue weighted by Gasteiger charge is 2.47. The molecule has 1 aliphatic rings. The number of para-hydroxylation sites is 1. The number of aromatic nitrogens is 4. The summed E-state index contributed by atoms with van der Waals surface area (Å²) < 4.78 is 37.2. The molecule has 7 nitrogen and oxygen atoms in total. The first-order chi connectivity index (χ1) is 15.0. The van der Waals surface area contributed by atoms with Crippen LogP contribution in [0.4, 0.5) is 8.78 Å². The van der Waals surface area contributed by atoms with Crippen molar-refractivity contribution in [3.63, 3.8) is 0 Å².